The van der Waals surface area contributed by atoms with Crippen LogP contribution in [0.25, 0.3) is 0 Å². The number of rotatable bonds is 4. The van der Waals surface area contributed by atoms with E-state index in [4.69, 9.17) is 9.47 Å². The van der Waals surface area contributed by atoms with Gasteiger partial charge in [-0.25, -0.2) is 0 Å². The van der Waals surface area contributed by atoms with Crippen LogP contribution in [0.1, 0.15) is 25.8 Å². The van der Waals surface area contributed by atoms with Gasteiger partial charge in [-0.15, -0.1) is 0 Å². The first-order chi connectivity index (χ1) is 8.00. The van der Waals surface area contributed by atoms with Crippen molar-refractivity contribution in [1.29, 1.82) is 0 Å². The van der Waals surface area contributed by atoms with Gasteiger partial charge in [-0.05, 0) is 30.0 Å². The minimum atomic E-state index is -0.188. The first kappa shape index (κ1) is 12.2. The van der Waals surface area contributed by atoms with E-state index in [0.29, 0.717) is 0 Å². The van der Waals surface area contributed by atoms with Gasteiger partial charge in [0.1, 0.15) is 11.5 Å². The molecule has 1 N–H and O–H groups in total. The first-order valence-electron chi connectivity index (χ1n) is 5.84. The maximum Gasteiger partial charge on any atom is 0.122 e. The lowest BCUT2D eigenvalue weighted by Gasteiger charge is -2.21. The summed E-state index contributed by atoms with van der Waals surface area (Å²) >= 11 is 0. The SMILES string of the molecule is COc1ccc(OC)c(C2(CO)CC2(C)C)c1. The molecule has 94 valence electrons. The summed E-state index contributed by atoms with van der Waals surface area (Å²) in [4.78, 5) is 0. The van der Waals surface area contributed by atoms with Crippen LogP contribution in [0.3, 0.4) is 0 Å². The molecule has 1 aliphatic rings. The zero-order valence-electron chi connectivity index (χ0n) is 10.9. The lowest BCUT2D eigenvalue weighted by molar-refractivity contribution is 0.227. The molecule has 3 nitrogen and oxygen atoms in total. The van der Waals surface area contributed by atoms with Crippen molar-refractivity contribution in [2.24, 2.45) is 5.41 Å². The molecule has 0 aliphatic heterocycles. The highest BCUT2D eigenvalue weighted by molar-refractivity contribution is 5.50. The Balaban J connectivity index is 2.50. The monoisotopic (exact) mass is 236 g/mol. The van der Waals surface area contributed by atoms with Crippen LogP contribution in [0, 0.1) is 5.41 Å². The topological polar surface area (TPSA) is 38.7 Å². The number of methoxy groups -OCH3 is 2. The van der Waals surface area contributed by atoms with E-state index in [1.54, 1.807) is 14.2 Å². The Morgan fingerprint density at radius 2 is 1.88 bits per heavy atom. The van der Waals surface area contributed by atoms with Crippen molar-refractivity contribution in [3.8, 4) is 11.5 Å². The van der Waals surface area contributed by atoms with Crippen LogP contribution in [-0.2, 0) is 5.41 Å². The minimum absolute atomic E-state index is 0.112. The molecule has 0 saturated heterocycles. The van der Waals surface area contributed by atoms with Crippen LogP contribution >= 0.6 is 0 Å². The molecule has 0 amide bonds. The number of hydrogen-bond acceptors (Lipinski definition) is 3. The Hall–Kier alpha value is -1.22. The van der Waals surface area contributed by atoms with E-state index in [1.807, 2.05) is 18.2 Å². The molecule has 0 aromatic heterocycles. The lowest BCUT2D eigenvalue weighted by atomic mass is 9.88. The van der Waals surface area contributed by atoms with Gasteiger partial charge in [-0.2, -0.15) is 0 Å². The third-order valence-corrected chi connectivity index (χ3v) is 4.11. The van der Waals surface area contributed by atoms with Crippen molar-refractivity contribution in [1.82, 2.24) is 0 Å². The Morgan fingerprint density at radius 3 is 2.29 bits per heavy atom. The largest absolute Gasteiger partial charge is 0.497 e. The smallest absolute Gasteiger partial charge is 0.122 e. The van der Waals surface area contributed by atoms with Crippen molar-refractivity contribution in [2.45, 2.75) is 25.7 Å². The highest BCUT2D eigenvalue weighted by Crippen LogP contribution is 2.65. The summed E-state index contributed by atoms with van der Waals surface area (Å²) in [5.41, 5.74) is 0.973. The predicted molar refractivity (Wildman–Crippen MR) is 66.7 cm³/mol. The van der Waals surface area contributed by atoms with Gasteiger partial charge in [-0.3, -0.25) is 0 Å². The van der Waals surface area contributed by atoms with Crippen molar-refractivity contribution in [3.63, 3.8) is 0 Å². The average Bonchev–Trinajstić information content (AvgIpc) is 2.92. The van der Waals surface area contributed by atoms with E-state index in [9.17, 15) is 5.11 Å². The first-order valence-corrected chi connectivity index (χ1v) is 5.84. The summed E-state index contributed by atoms with van der Waals surface area (Å²) in [6.07, 6.45) is 0.972. The molecular weight excluding hydrogens is 216 g/mol. The molecule has 1 aromatic rings. The number of aliphatic hydroxyl groups is 1. The van der Waals surface area contributed by atoms with Crippen LogP contribution in [0.5, 0.6) is 11.5 Å². The highest BCUT2D eigenvalue weighted by Gasteiger charge is 2.62. The molecule has 1 aromatic carbocycles. The normalized spacial score (nSPS) is 25.5. The third kappa shape index (κ3) is 1.69. The second-order valence-corrected chi connectivity index (χ2v) is 5.37. The molecule has 1 unspecified atom stereocenters. The lowest BCUT2D eigenvalue weighted by Crippen LogP contribution is -2.20. The quantitative estimate of drug-likeness (QED) is 0.872. The van der Waals surface area contributed by atoms with Crippen LogP contribution < -0.4 is 9.47 Å². The Bertz CT molecular complexity index is 425. The molecule has 1 atom stereocenters. The number of benzene rings is 1. The summed E-state index contributed by atoms with van der Waals surface area (Å²) < 4.78 is 10.7. The summed E-state index contributed by atoms with van der Waals surface area (Å²) in [5, 5.41) is 9.73. The molecule has 17 heavy (non-hydrogen) atoms. The zero-order valence-corrected chi connectivity index (χ0v) is 10.9. The number of hydrogen-bond donors (Lipinski definition) is 1. The van der Waals surface area contributed by atoms with Crippen LogP contribution in [0.4, 0.5) is 0 Å². The molecule has 1 aliphatic carbocycles. The van der Waals surface area contributed by atoms with Crippen molar-refractivity contribution < 1.29 is 14.6 Å². The van der Waals surface area contributed by atoms with E-state index in [-0.39, 0.29) is 17.4 Å². The van der Waals surface area contributed by atoms with Gasteiger partial charge in [0, 0.05) is 11.0 Å². The molecule has 1 saturated carbocycles. The molecule has 0 spiro atoms. The standard InChI is InChI=1S/C14H20O3/c1-13(2)8-14(13,9-15)11-7-10(16-3)5-6-12(11)17-4/h5-7,15H,8-9H2,1-4H3. The Kier molecular flexibility index (Phi) is 2.82. The van der Waals surface area contributed by atoms with Gasteiger partial charge < -0.3 is 14.6 Å². The summed E-state index contributed by atoms with van der Waals surface area (Å²) in [7, 11) is 3.31. The molecular formula is C14H20O3. The van der Waals surface area contributed by atoms with Crippen molar-refractivity contribution >= 4 is 0 Å². The van der Waals surface area contributed by atoms with Gasteiger partial charge in [0.25, 0.3) is 0 Å². The Labute approximate surface area is 102 Å². The van der Waals surface area contributed by atoms with Gasteiger partial charge in [-0.1, -0.05) is 13.8 Å². The van der Waals surface area contributed by atoms with E-state index in [0.717, 1.165) is 23.5 Å². The zero-order chi connectivity index (χ0) is 12.7. The second kappa shape index (κ2) is 3.91. The molecule has 0 heterocycles. The fourth-order valence-electron chi connectivity index (χ4n) is 2.71. The highest BCUT2D eigenvalue weighted by atomic mass is 16.5. The van der Waals surface area contributed by atoms with Crippen molar-refractivity contribution in [3.05, 3.63) is 23.8 Å². The molecule has 2 rings (SSSR count). The van der Waals surface area contributed by atoms with E-state index in [2.05, 4.69) is 13.8 Å². The third-order valence-electron chi connectivity index (χ3n) is 4.11. The van der Waals surface area contributed by atoms with Crippen LogP contribution in [-0.4, -0.2) is 25.9 Å². The van der Waals surface area contributed by atoms with Crippen LogP contribution in [0.15, 0.2) is 18.2 Å². The van der Waals surface area contributed by atoms with Gasteiger partial charge in [0.05, 0.1) is 20.8 Å². The molecule has 0 bridgehead atoms. The van der Waals surface area contributed by atoms with E-state index >= 15 is 0 Å². The van der Waals surface area contributed by atoms with Gasteiger partial charge >= 0.3 is 0 Å². The maximum absolute atomic E-state index is 9.73. The number of ether oxygens (including phenoxy) is 2. The Morgan fingerprint density at radius 1 is 1.24 bits per heavy atom. The predicted octanol–water partition coefficient (Wildman–Crippen LogP) is 2.36. The summed E-state index contributed by atoms with van der Waals surface area (Å²) in [6.45, 7) is 4.48. The number of aliphatic hydroxyl groups excluding tert-OH is 1. The van der Waals surface area contributed by atoms with Crippen molar-refractivity contribution in [2.75, 3.05) is 20.8 Å². The average molecular weight is 236 g/mol. The molecule has 1 fully saturated rings. The van der Waals surface area contributed by atoms with Gasteiger partial charge in [0.15, 0.2) is 0 Å². The fourth-order valence-corrected chi connectivity index (χ4v) is 2.71. The minimum Gasteiger partial charge on any atom is -0.497 e. The van der Waals surface area contributed by atoms with E-state index < -0.39 is 0 Å². The molecule has 3 heteroatoms. The van der Waals surface area contributed by atoms with E-state index in [1.165, 1.54) is 0 Å². The maximum atomic E-state index is 9.73. The fraction of sp³-hybridized carbons (Fsp3) is 0.571. The van der Waals surface area contributed by atoms with Gasteiger partial charge in [0.2, 0.25) is 0 Å². The van der Waals surface area contributed by atoms with Crippen LogP contribution in [0.2, 0.25) is 0 Å². The molecule has 0 radical (unpaired) electrons. The summed E-state index contributed by atoms with van der Waals surface area (Å²) in [5.74, 6) is 1.63. The second-order valence-electron chi connectivity index (χ2n) is 5.37. The summed E-state index contributed by atoms with van der Waals surface area (Å²) in [6, 6.07) is 5.76.